The van der Waals surface area contributed by atoms with Crippen molar-refractivity contribution in [1.82, 2.24) is 4.90 Å². The lowest BCUT2D eigenvalue weighted by molar-refractivity contribution is -0.647. The molecule has 4 rings (SSSR count). The van der Waals surface area contributed by atoms with Gasteiger partial charge in [-0.05, 0) is 44.4 Å². The molecule has 1 aliphatic carbocycles. The predicted molar refractivity (Wildman–Crippen MR) is 108 cm³/mol. The standard InChI is InChI=1S/C23H30N3/c1-18-10-7-8-13-21(18)22-14-9-15-23(24(22)3)26-17-16-25(19(26)2)20-11-5-4-6-12-20/h7-10,13-17,19-20H,4-6,11-12H2,1-3H3/q+1/t19-/m0/s1. The minimum Gasteiger partial charge on any atom is -0.333 e. The van der Waals surface area contributed by atoms with Gasteiger partial charge < -0.3 is 4.90 Å². The smallest absolute Gasteiger partial charge is 0.283 e. The van der Waals surface area contributed by atoms with Gasteiger partial charge in [0.1, 0.15) is 11.9 Å². The Hall–Kier alpha value is -2.29. The fourth-order valence-corrected chi connectivity index (χ4v) is 4.58. The molecule has 0 bridgehead atoms. The lowest BCUT2D eigenvalue weighted by Crippen LogP contribution is -2.47. The molecule has 1 saturated carbocycles. The van der Waals surface area contributed by atoms with Crippen molar-refractivity contribution in [2.75, 3.05) is 4.90 Å². The summed E-state index contributed by atoms with van der Waals surface area (Å²) in [6, 6.07) is 16.0. The van der Waals surface area contributed by atoms with Gasteiger partial charge in [0.25, 0.3) is 5.82 Å². The zero-order valence-electron chi connectivity index (χ0n) is 16.2. The van der Waals surface area contributed by atoms with E-state index in [9.17, 15) is 0 Å². The first-order valence-corrected chi connectivity index (χ1v) is 9.96. The highest BCUT2D eigenvalue weighted by atomic mass is 15.4. The SMILES string of the molecule is Cc1ccccc1-c1cccc(N2C=CN(C3CCCCC3)[C@@H]2C)[n+]1C. The molecule has 3 nitrogen and oxygen atoms in total. The van der Waals surface area contributed by atoms with Gasteiger partial charge in [-0.3, -0.25) is 0 Å². The Morgan fingerprint density at radius 1 is 0.923 bits per heavy atom. The number of hydrogen-bond acceptors (Lipinski definition) is 2. The third kappa shape index (κ3) is 3.00. The van der Waals surface area contributed by atoms with Crippen molar-refractivity contribution in [1.29, 1.82) is 0 Å². The van der Waals surface area contributed by atoms with Crippen LogP contribution in [0.1, 0.15) is 44.6 Å². The maximum Gasteiger partial charge on any atom is 0.283 e. The van der Waals surface area contributed by atoms with Crippen LogP contribution in [0, 0.1) is 6.92 Å². The van der Waals surface area contributed by atoms with Crippen molar-refractivity contribution < 1.29 is 4.57 Å². The molecule has 26 heavy (non-hydrogen) atoms. The lowest BCUT2D eigenvalue weighted by Gasteiger charge is -2.34. The molecule has 1 aromatic heterocycles. The molecule has 136 valence electrons. The van der Waals surface area contributed by atoms with Crippen LogP contribution < -0.4 is 9.47 Å². The summed E-state index contributed by atoms with van der Waals surface area (Å²) in [6.07, 6.45) is 11.7. The highest BCUT2D eigenvalue weighted by Gasteiger charge is 2.35. The van der Waals surface area contributed by atoms with Gasteiger partial charge in [0.2, 0.25) is 0 Å². The zero-order valence-corrected chi connectivity index (χ0v) is 16.2. The van der Waals surface area contributed by atoms with Gasteiger partial charge in [0, 0.05) is 23.9 Å². The Labute approximate surface area is 157 Å². The summed E-state index contributed by atoms with van der Waals surface area (Å²) in [5.74, 6) is 1.24. The number of nitrogens with zero attached hydrogens (tertiary/aromatic N) is 3. The van der Waals surface area contributed by atoms with E-state index in [1.165, 1.54) is 54.7 Å². The quantitative estimate of drug-likeness (QED) is 0.741. The van der Waals surface area contributed by atoms with Crippen LogP contribution >= 0.6 is 0 Å². The average Bonchev–Trinajstić information content (AvgIpc) is 3.05. The van der Waals surface area contributed by atoms with Crippen LogP contribution in [0.3, 0.4) is 0 Å². The molecule has 0 amide bonds. The first-order valence-electron chi connectivity index (χ1n) is 9.96. The van der Waals surface area contributed by atoms with Crippen LogP contribution in [-0.4, -0.2) is 17.1 Å². The van der Waals surface area contributed by atoms with Gasteiger partial charge in [0.15, 0.2) is 6.17 Å². The number of anilines is 1. The summed E-state index contributed by atoms with van der Waals surface area (Å²) in [5.41, 5.74) is 3.88. The second-order valence-electron chi connectivity index (χ2n) is 7.72. The van der Waals surface area contributed by atoms with Crippen LogP contribution in [0.4, 0.5) is 5.82 Å². The van der Waals surface area contributed by atoms with Crippen molar-refractivity contribution in [2.24, 2.45) is 7.05 Å². The first kappa shape index (κ1) is 17.1. The summed E-state index contributed by atoms with van der Waals surface area (Å²) >= 11 is 0. The average molecular weight is 349 g/mol. The van der Waals surface area contributed by atoms with Gasteiger partial charge in [-0.2, -0.15) is 0 Å². The fraction of sp³-hybridized carbons (Fsp3) is 0.435. The van der Waals surface area contributed by atoms with E-state index in [-0.39, 0.29) is 0 Å². The van der Waals surface area contributed by atoms with Crippen LogP contribution in [0.25, 0.3) is 11.3 Å². The van der Waals surface area contributed by atoms with E-state index in [0.717, 1.165) is 0 Å². The van der Waals surface area contributed by atoms with Crippen molar-refractivity contribution in [3.8, 4) is 11.3 Å². The molecular formula is C23H30N3+. The molecular weight excluding hydrogens is 318 g/mol. The van der Waals surface area contributed by atoms with Crippen molar-refractivity contribution in [3.63, 3.8) is 0 Å². The Kier molecular flexibility index (Phi) is 4.71. The highest BCUT2D eigenvalue weighted by Crippen LogP contribution is 2.31. The number of rotatable bonds is 3. The molecule has 1 fully saturated rings. The van der Waals surface area contributed by atoms with E-state index < -0.39 is 0 Å². The summed E-state index contributed by atoms with van der Waals surface area (Å²) < 4.78 is 2.33. The topological polar surface area (TPSA) is 10.4 Å². The van der Waals surface area contributed by atoms with E-state index in [2.05, 4.69) is 90.1 Å². The Morgan fingerprint density at radius 3 is 2.46 bits per heavy atom. The van der Waals surface area contributed by atoms with E-state index in [1.54, 1.807) is 0 Å². The molecule has 0 radical (unpaired) electrons. The number of aromatic nitrogens is 1. The van der Waals surface area contributed by atoms with Crippen molar-refractivity contribution >= 4 is 5.82 Å². The van der Waals surface area contributed by atoms with Gasteiger partial charge in [0.05, 0.1) is 7.05 Å². The molecule has 2 heterocycles. The molecule has 0 spiro atoms. The van der Waals surface area contributed by atoms with E-state index >= 15 is 0 Å². The molecule has 1 aromatic carbocycles. The molecule has 2 aromatic rings. The Morgan fingerprint density at radius 2 is 1.69 bits per heavy atom. The number of benzene rings is 1. The van der Waals surface area contributed by atoms with Crippen LogP contribution in [0.15, 0.2) is 54.9 Å². The van der Waals surface area contributed by atoms with Gasteiger partial charge >= 0.3 is 0 Å². The van der Waals surface area contributed by atoms with E-state index in [0.29, 0.717) is 12.2 Å². The molecule has 1 atom stereocenters. The minimum atomic E-state index is 0.372. The van der Waals surface area contributed by atoms with Crippen molar-refractivity contribution in [2.45, 2.75) is 58.2 Å². The minimum absolute atomic E-state index is 0.372. The third-order valence-electron chi connectivity index (χ3n) is 6.12. The summed E-state index contributed by atoms with van der Waals surface area (Å²) in [5, 5.41) is 0. The second-order valence-corrected chi connectivity index (χ2v) is 7.72. The molecule has 3 heteroatoms. The Bertz CT molecular complexity index is 805. The number of pyridine rings is 1. The second kappa shape index (κ2) is 7.14. The maximum atomic E-state index is 2.57. The summed E-state index contributed by atoms with van der Waals surface area (Å²) in [7, 11) is 2.18. The largest absolute Gasteiger partial charge is 0.333 e. The monoisotopic (exact) mass is 348 g/mol. The van der Waals surface area contributed by atoms with Gasteiger partial charge in [-0.25, -0.2) is 9.47 Å². The third-order valence-corrected chi connectivity index (χ3v) is 6.12. The molecule has 1 aliphatic heterocycles. The normalized spacial score (nSPS) is 20.8. The first-order chi connectivity index (χ1) is 12.7. The summed E-state index contributed by atoms with van der Waals surface area (Å²) in [4.78, 5) is 4.98. The van der Waals surface area contributed by atoms with Crippen LogP contribution in [0.2, 0.25) is 0 Å². The van der Waals surface area contributed by atoms with Crippen molar-refractivity contribution in [3.05, 3.63) is 60.4 Å². The Balaban J connectivity index is 1.64. The van der Waals surface area contributed by atoms with E-state index in [1.807, 2.05) is 0 Å². The molecule has 0 unspecified atom stereocenters. The van der Waals surface area contributed by atoms with Crippen LogP contribution in [0.5, 0.6) is 0 Å². The van der Waals surface area contributed by atoms with Gasteiger partial charge in [-0.1, -0.05) is 43.5 Å². The van der Waals surface area contributed by atoms with Gasteiger partial charge in [-0.15, -0.1) is 0 Å². The molecule has 2 aliphatic rings. The number of aryl methyl sites for hydroxylation is 1. The van der Waals surface area contributed by atoms with E-state index in [4.69, 9.17) is 0 Å². The lowest BCUT2D eigenvalue weighted by atomic mass is 9.94. The predicted octanol–water partition coefficient (Wildman–Crippen LogP) is 4.76. The molecule has 0 saturated heterocycles. The number of hydrogen-bond donors (Lipinski definition) is 0. The van der Waals surface area contributed by atoms with Crippen LogP contribution in [-0.2, 0) is 7.05 Å². The highest BCUT2D eigenvalue weighted by molar-refractivity contribution is 5.61. The molecule has 0 N–H and O–H groups in total. The maximum absolute atomic E-state index is 2.57. The zero-order chi connectivity index (χ0) is 18.1. The summed E-state index contributed by atoms with van der Waals surface area (Å²) in [6.45, 7) is 4.51. The fourth-order valence-electron chi connectivity index (χ4n) is 4.58.